The summed E-state index contributed by atoms with van der Waals surface area (Å²) in [5, 5.41) is 14.6. The number of allylic oxidation sites excluding steroid dienone is 1. The summed E-state index contributed by atoms with van der Waals surface area (Å²) in [5.41, 5.74) is 1.59. The molecule has 2 heterocycles. The van der Waals surface area contributed by atoms with Crippen LogP contribution in [-0.2, 0) is 14.3 Å². The van der Waals surface area contributed by atoms with Crippen LogP contribution in [0.2, 0.25) is 0 Å². The highest BCUT2D eigenvalue weighted by molar-refractivity contribution is 8.03. The van der Waals surface area contributed by atoms with Gasteiger partial charge in [0.25, 0.3) is 0 Å². The van der Waals surface area contributed by atoms with E-state index in [9.17, 15) is 14.9 Å². The lowest BCUT2D eigenvalue weighted by atomic mass is 9.91. The van der Waals surface area contributed by atoms with Crippen molar-refractivity contribution in [2.24, 2.45) is 0 Å². The Balaban J connectivity index is 2.26. The van der Waals surface area contributed by atoms with E-state index in [1.54, 1.807) is 18.3 Å². The van der Waals surface area contributed by atoms with Crippen LogP contribution in [0.25, 0.3) is 0 Å². The number of thiophene rings is 1. The van der Waals surface area contributed by atoms with Crippen LogP contribution in [-0.4, -0.2) is 24.2 Å². The second-order valence-corrected chi connectivity index (χ2v) is 6.65. The average Bonchev–Trinajstić information content (AvgIpc) is 2.90. The predicted octanol–water partition coefficient (Wildman–Crippen LogP) is 2.69. The van der Waals surface area contributed by atoms with Gasteiger partial charge in [0, 0.05) is 17.2 Å². The van der Waals surface area contributed by atoms with Crippen molar-refractivity contribution < 1.29 is 14.3 Å². The molecule has 1 amide bonds. The topological polar surface area (TPSA) is 79.2 Å². The minimum Gasteiger partial charge on any atom is -0.465 e. The standard InChI is InChI=1S/C15H16N2O3S2/c1-3-20-13(19)8-22-15-11(7-16)10(6-12(18)17-15)14-9(2)4-5-21-14/h4-5,10H,3,6,8H2,1-2H3,(H,17,18). The highest BCUT2D eigenvalue weighted by atomic mass is 32.2. The van der Waals surface area contributed by atoms with Gasteiger partial charge in [-0.1, -0.05) is 11.8 Å². The summed E-state index contributed by atoms with van der Waals surface area (Å²) < 4.78 is 4.87. The number of thioether (sulfide) groups is 1. The molecule has 1 aromatic rings. The van der Waals surface area contributed by atoms with Gasteiger partial charge in [0.05, 0.1) is 29.0 Å². The van der Waals surface area contributed by atoms with E-state index < -0.39 is 0 Å². The number of aryl methyl sites for hydroxylation is 1. The van der Waals surface area contributed by atoms with Gasteiger partial charge in [-0.2, -0.15) is 5.26 Å². The molecule has 1 aliphatic heterocycles. The van der Waals surface area contributed by atoms with Gasteiger partial charge in [-0.25, -0.2) is 0 Å². The molecular weight excluding hydrogens is 320 g/mol. The number of nitriles is 1. The van der Waals surface area contributed by atoms with Crippen LogP contribution in [0.5, 0.6) is 0 Å². The van der Waals surface area contributed by atoms with Crippen LogP contribution in [0.4, 0.5) is 0 Å². The third-order valence-electron chi connectivity index (χ3n) is 3.21. The maximum Gasteiger partial charge on any atom is 0.316 e. The van der Waals surface area contributed by atoms with E-state index >= 15 is 0 Å². The lowest BCUT2D eigenvalue weighted by molar-refractivity contribution is -0.139. The van der Waals surface area contributed by atoms with Crippen molar-refractivity contribution in [2.45, 2.75) is 26.2 Å². The van der Waals surface area contributed by atoms with Crippen LogP contribution in [0.3, 0.4) is 0 Å². The molecule has 1 unspecified atom stereocenters. The number of rotatable bonds is 5. The summed E-state index contributed by atoms with van der Waals surface area (Å²) in [6.45, 7) is 4.02. The molecule has 0 bridgehead atoms. The van der Waals surface area contributed by atoms with Crippen LogP contribution in [0, 0.1) is 18.3 Å². The monoisotopic (exact) mass is 336 g/mol. The smallest absolute Gasteiger partial charge is 0.316 e. The molecule has 0 aromatic carbocycles. The van der Waals surface area contributed by atoms with Crippen LogP contribution >= 0.6 is 23.1 Å². The molecule has 5 nitrogen and oxygen atoms in total. The Morgan fingerprint density at radius 3 is 3.00 bits per heavy atom. The summed E-state index contributed by atoms with van der Waals surface area (Å²) in [6.07, 6.45) is 0.258. The normalized spacial score (nSPS) is 17.9. The van der Waals surface area contributed by atoms with E-state index in [1.165, 1.54) is 0 Å². The molecule has 7 heteroatoms. The van der Waals surface area contributed by atoms with Gasteiger partial charge >= 0.3 is 5.97 Å². The maximum atomic E-state index is 11.9. The van der Waals surface area contributed by atoms with Gasteiger partial charge in [-0.05, 0) is 30.9 Å². The van der Waals surface area contributed by atoms with E-state index in [2.05, 4.69) is 11.4 Å². The van der Waals surface area contributed by atoms with Crippen molar-refractivity contribution >= 4 is 35.0 Å². The van der Waals surface area contributed by atoms with Crippen LogP contribution in [0.1, 0.15) is 29.7 Å². The molecule has 0 saturated heterocycles. The SMILES string of the molecule is CCOC(=O)CSC1=C(C#N)C(c2sccc2C)CC(=O)N1. The second-order valence-electron chi connectivity index (χ2n) is 4.72. The third-order valence-corrected chi connectivity index (χ3v) is 5.34. The largest absolute Gasteiger partial charge is 0.465 e. The summed E-state index contributed by atoms with van der Waals surface area (Å²) in [6, 6.07) is 4.17. The zero-order valence-electron chi connectivity index (χ0n) is 12.3. The number of nitrogens with zero attached hydrogens (tertiary/aromatic N) is 1. The molecule has 1 aromatic heterocycles. The Morgan fingerprint density at radius 1 is 1.64 bits per heavy atom. The Labute approximate surface area is 137 Å². The zero-order valence-corrected chi connectivity index (χ0v) is 14.0. The minimum absolute atomic E-state index is 0.0742. The summed E-state index contributed by atoms with van der Waals surface area (Å²) in [7, 11) is 0. The van der Waals surface area contributed by atoms with Crippen LogP contribution in [0.15, 0.2) is 22.0 Å². The number of hydrogen-bond donors (Lipinski definition) is 1. The first-order valence-electron chi connectivity index (χ1n) is 6.83. The summed E-state index contributed by atoms with van der Waals surface area (Å²) >= 11 is 2.69. The van der Waals surface area contributed by atoms with Gasteiger partial charge in [0.2, 0.25) is 5.91 Å². The van der Waals surface area contributed by atoms with Crippen LogP contribution < -0.4 is 5.32 Å². The molecule has 2 rings (SSSR count). The molecule has 0 fully saturated rings. The van der Waals surface area contributed by atoms with E-state index in [-0.39, 0.29) is 30.0 Å². The van der Waals surface area contributed by atoms with Gasteiger partial charge in [-0.3, -0.25) is 9.59 Å². The fraction of sp³-hybridized carbons (Fsp3) is 0.400. The van der Waals surface area contributed by atoms with Gasteiger partial charge in [0.15, 0.2) is 0 Å². The Bertz CT molecular complexity index is 658. The van der Waals surface area contributed by atoms with E-state index in [0.29, 0.717) is 17.2 Å². The molecule has 0 radical (unpaired) electrons. The average molecular weight is 336 g/mol. The number of ether oxygens (including phenoxy) is 1. The molecular formula is C15H16N2O3S2. The van der Waals surface area contributed by atoms with Crippen molar-refractivity contribution in [2.75, 3.05) is 12.4 Å². The molecule has 0 spiro atoms. The van der Waals surface area contributed by atoms with E-state index in [4.69, 9.17) is 4.74 Å². The quantitative estimate of drug-likeness (QED) is 0.836. The number of carbonyl (C=O) groups excluding carboxylic acids is 2. The van der Waals surface area contributed by atoms with Crippen molar-refractivity contribution in [3.8, 4) is 6.07 Å². The molecule has 1 aliphatic rings. The second kappa shape index (κ2) is 7.47. The molecule has 1 N–H and O–H groups in total. The van der Waals surface area contributed by atoms with Crippen molar-refractivity contribution in [3.63, 3.8) is 0 Å². The predicted molar refractivity (Wildman–Crippen MR) is 86.3 cm³/mol. The molecule has 116 valence electrons. The van der Waals surface area contributed by atoms with E-state index in [1.807, 2.05) is 18.4 Å². The highest BCUT2D eigenvalue weighted by Gasteiger charge is 2.31. The van der Waals surface area contributed by atoms with Crippen molar-refractivity contribution in [1.82, 2.24) is 5.32 Å². The van der Waals surface area contributed by atoms with Gasteiger partial charge in [0.1, 0.15) is 0 Å². The fourth-order valence-corrected chi connectivity index (χ4v) is 4.15. The highest BCUT2D eigenvalue weighted by Crippen LogP contribution is 2.39. The Morgan fingerprint density at radius 2 is 2.41 bits per heavy atom. The molecule has 0 saturated carbocycles. The lowest BCUT2D eigenvalue weighted by Gasteiger charge is -2.24. The third kappa shape index (κ3) is 3.70. The van der Waals surface area contributed by atoms with Gasteiger partial charge in [-0.15, -0.1) is 11.3 Å². The number of hydrogen-bond acceptors (Lipinski definition) is 6. The zero-order chi connectivity index (χ0) is 16.1. The lowest BCUT2D eigenvalue weighted by Crippen LogP contribution is -2.31. The first-order chi connectivity index (χ1) is 10.6. The number of nitrogens with one attached hydrogen (secondary N) is 1. The Kier molecular flexibility index (Phi) is 5.63. The summed E-state index contributed by atoms with van der Waals surface area (Å²) in [4.78, 5) is 24.4. The first kappa shape index (κ1) is 16.6. The number of amides is 1. The first-order valence-corrected chi connectivity index (χ1v) is 8.69. The fourth-order valence-electron chi connectivity index (χ4n) is 2.23. The van der Waals surface area contributed by atoms with Gasteiger partial charge < -0.3 is 10.1 Å². The summed E-state index contributed by atoms with van der Waals surface area (Å²) in [5.74, 6) is -0.655. The van der Waals surface area contributed by atoms with E-state index in [0.717, 1.165) is 22.2 Å². The number of carbonyl (C=O) groups is 2. The Hall–Kier alpha value is -1.78. The maximum absolute atomic E-state index is 11.9. The molecule has 0 aliphatic carbocycles. The van der Waals surface area contributed by atoms with Crippen molar-refractivity contribution in [1.29, 1.82) is 5.26 Å². The molecule has 1 atom stereocenters. The number of esters is 1. The molecule has 22 heavy (non-hydrogen) atoms. The van der Waals surface area contributed by atoms with Crippen molar-refractivity contribution in [3.05, 3.63) is 32.5 Å². The minimum atomic E-state index is -0.360.